The predicted molar refractivity (Wildman–Crippen MR) is 83.4 cm³/mol. The number of hydrogen-bond donors (Lipinski definition) is 1. The number of nitrogens with one attached hydrogen (secondary N) is 1. The topological polar surface area (TPSA) is 73.6 Å². The fourth-order valence-electron chi connectivity index (χ4n) is 3.70. The monoisotopic (exact) mass is 324 g/mol. The summed E-state index contributed by atoms with van der Waals surface area (Å²) in [5.41, 5.74) is -0.0574. The first kappa shape index (κ1) is 16.0. The highest BCUT2D eigenvalue weighted by atomic mass is 19.1. The Morgan fingerprint density at radius 3 is 2.83 bits per heavy atom. The SMILES string of the molecule is COc1cc(NC2CCOC3(CCCC3)C2)c([N+](=O)[O-])cc1F. The van der Waals surface area contributed by atoms with Crippen LogP contribution in [0.3, 0.4) is 0 Å². The number of hydrogen-bond acceptors (Lipinski definition) is 5. The molecule has 1 heterocycles. The molecule has 2 aliphatic rings. The summed E-state index contributed by atoms with van der Waals surface area (Å²) in [6.45, 7) is 0.643. The van der Waals surface area contributed by atoms with E-state index in [2.05, 4.69) is 5.32 Å². The second kappa shape index (κ2) is 6.31. The zero-order chi connectivity index (χ0) is 16.4. The first-order chi connectivity index (χ1) is 11.0. The standard InChI is InChI=1S/C16H21FN2O4/c1-22-15-9-13(14(19(20)21)8-12(15)17)18-11-4-7-23-16(10-11)5-2-3-6-16/h8-9,11,18H,2-7,10H2,1H3. The van der Waals surface area contributed by atoms with Gasteiger partial charge in [-0.1, -0.05) is 12.8 Å². The molecule has 0 aromatic heterocycles. The van der Waals surface area contributed by atoms with Crippen LogP contribution in [0.5, 0.6) is 5.75 Å². The fourth-order valence-corrected chi connectivity index (χ4v) is 3.70. The highest BCUT2D eigenvalue weighted by molar-refractivity contribution is 5.65. The van der Waals surface area contributed by atoms with Crippen molar-refractivity contribution in [3.05, 3.63) is 28.1 Å². The smallest absolute Gasteiger partial charge is 0.295 e. The minimum atomic E-state index is -0.732. The molecule has 1 aromatic carbocycles. The Labute approximate surface area is 134 Å². The van der Waals surface area contributed by atoms with Crippen molar-refractivity contribution in [3.63, 3.8) is 0 Å². The first-order valence-corrected chi connectivity index (χ1v) is 7.95. The van der Waals surface area contributed by atoms with E-state index in [9.17, 15) is 14.5 Å². The molecule has 1 saturated heterocycles. The Bertz CT molecular complexity index is 602. The summed E-state index contributed by atoms with van der Waals surface area (Å²) in [5.74, 6) is -0.732. The average molecular weight is 324 g/mol. The fraction of sp³-hybridized carbons (Fsp3) is 0.625. The van der Waals surface area contributed by atoms with E-state index in [1.165, 1.54) is 13.2 Å². The summed E-state index contributed by atoms with van der Waals surface area (Å²) in [6.07, 6.45) is 6.01. The quantitative estimate of drug-likeness (QED) is 0.676. The van der Waals surface area contributed by atoms with Crippen LogP contribution in [0.4, 0.5) is 15.8 Å². The Kier molecular flexibility index (Phi) is 4.39. The van der Waals surface area contributed by atoms with Crippen LogP contribution in [0.1, 0.15) is 38.5 Å². The Morgan fingerprint density at radius 2 is 2.17 bits per heavy atom. The maximum Gasteiger partial charge on any atom is 0.295 e. The summed E-state index contributed by atoms with van der Waals surface area (Å²) in [5, 5.41) is 14.4. The number of methoxy groups -OCH3 is 1. The van der Waals surface area contributed by atoms with E-state index < -0.39 is 10.7 Å². The number of nitrogens with zero attached hydrogens (tertiary/aromatic N) is 1. The second-order valence-corrected chi connectivity index (χ2v) is 6.33. The van der Waals surface area contributed by atoms with Crippen molar-refractivity contribution in [1.82, 2.24) is 0 Å². The molecule has 1 aromatic rings. The lowest BCUT2D eigenvalue weighted by Crippen LogP contribution is -2.42. The van der Waals surface area contributed by atoms with Gasteiger partial charge in [0.25, 0.3) is 5.69 Å². The lowest BCUT2D eigenvalue weighted by Gasteiger charge is -2.38. The van der Waals surface area contributed by atoms with Gasteiger partial charge in [0.05, 0.1) is 23.7 Å². The zero-order valence-corrected chi connectivity index (χ0v) is 13.1. The number of benzene rings is 1. The van der Waals surface area contributed by atoms with Gasteiger partial charge in [-0.05, 0) is 25.7 Å². The Hall–Kier alpha value is -1.89. The number of halogens is 1. The molecule has 1 saturated carbocycles. The van der Waals surface area contributed by atoms with E-state index in [0.717, 1.165) is 44.6 Å². The summed E-state index contributed by atoms with van der Waals surface area (Å²) in [4.78, 5) is 10.6. The van der Waals surface area contributed by atoms with Gasteiger partial charge in [0.2, 0.25) is 0 Å². The summed E-state index contributed by atoms with van der Waals surface area (Å²) in [7, 11) is 1.34. The van der Waals surface area contributed by atoms with Gasteiger partial charge in [-0.25, -0.2) is 4.39 Å². The first-order valence-electron chi connectivity index (χ1n) is 7.95. The van der Waals surface area contributed by atoms with Crippen molar-refractivity contribution in [2.75, 3.05) is 19.0 Å². The van der Waals surface area contributed by atoms with Crippen LogP contribution in [-0.2, 0) is 4.74 Å². The third kappa shape index (κ3) is 3.24. The van der Waals surface area contributed by atoms with Crippen molar-refractivity contribution >= 4 is 11.4 Å². The highest BCUT2D eigenvalue weighted by Gasteiger charge is 2.40. The number of anilines is 1. The van der Waals surface area contributed by atoms with E-state index in [-0.39, 0.29) is 23.1 Å². The Balaban J connectivity index is 1.82. The zero-order valence-electron chi connectivity index (χ0n) is 13.1. The molecule has 3 rings (SSSR count). The summed E-state index contributed by atoms with van der Waals surface area (Å²) >= 11 is 0. The maximum atomic E-state index is 13.7. The van der Waals surface area contributed by atoms with Crippen molar-refractivity contribution in [1.29, 1.82) is 0 Å². The molecule has 0 amide bonds. The molecule has 2 fully saturated rings. The van der Waals surface area contributed by atoms with E-state index in [4.69, 9.17) is 9.47 Å². The van der Waals surface area contributed by atoms with Crippen LogP contribution < -0.4 is 10.1 Å². The van der Waals surface area contributed by atoms with Gasteiger partial charge in [-0.3, -0.25) is 10.1 Å². The van der Waals surface area contributed by atoms with Crippen molar-refractivity contribution in [2.45, 2.75) is 50.2 Å². The van der Waals surface area contributed by atoms with E-state index in [1.54, 1.807) is 0 Å². The van der Waals surface area contributed by atoms with Crippen molar-refractivity contribution in [3.8, 4) is 5.75 Å². The molecule has 126 valence electrons. The van der Waals surface area contributed by atoms with Crippen LogP contribution in [0.15, 0.2) is 12.1 Å². The van der Waals surface area contributed by atoms with Gasteiger partial charge in [0.15, 0.2) is 11.6 Å². The van der Waals surface area contributed by atoms with Crippen LogP contribution in [-0.4, -0.2) is 30.3 Å². The summed E-state index contributed by atoms with van der Waals surface area (Å²) < 4.78 is 24.7. The minimum absolute atomic E-state index is 0.000684. The number of ether oxygens (including phenoxy) is 2. The van der Waals surface area contributed by atoms with Gasteiger partial charge >= 0.3 is 0 Å². The van der Waals surface area contributed by atoms with Crippen LogP contribution in [0, 0.1) is 15.9 Å². The molecular weight excluding hydrogens is 303 g/mol. The molecule has 1 aliphatic carbocycles. The molecule has 1 atom stereocenters. The summed E-state index contributed by atoms with van der Waals surface area (Å²) in [6, 6.07) is 2.35. The van der Waals surface area contributed by atoms with Gasteiger partial charge in [-0.2, -0.15) is 0 Å². The molecule has 1 N–H and O–H groups in total. The van der Waals surface area contributed by atoms with E-state index >= 15 is 0 Å². The third-order valence-corrected chi connectivity index (χ3v) is 4.83. The predicted octanol–water partition coefficient (Wildman–Crippen LogP) is 3.65. The van der Waals surface area contributed by atoms with Crippen molar-refractivity contribution in [2.24, 2.45) is 0 Å². The highest BCUT2D eigenvalue weighted by Crippen LogP contribution is 2.41. The van der Waals surface area contributed by atoms with Crippen LogP contribution >= 0.6 is 0 Å². The number of nitro benzene ring substituents is 1. The molecule has 7 heteroatoms. The molecule has 6 nitrogen and oxygen atoms in total. The van der Waals surface area contributed by atoms with E-state index in [1.807, 2.05) is 0 Å². The molecule has 0 radical (unpaired) electrons. The normalized spacial score (nSPS) is 23.0. The minimum Gasteiger partial charge on any atom is -0.494 e. The number of rotatable bonds is 4. The van der Waals surface area contributed by atoms with Crippen LogP contribution in [0.2, 0.25) is 0 Å². The lowest BCUT2D eigenvalue weighted by atomic mass is 9.89. The van der Waals surface area contributed by atoms with Gasteiger partial charge in [0.1, 0.15) is 5.69 Å². The molecule has 23 heavy (non-hydrogen) atoms. The van der Waals surface area contributed by atoms with E-state index in [0.29, 0.717) is 12.3 Å². The Morgan fingerprint density at radius 1 is 1.43 bits per heavy atom. The number of nitro groups is 1. The van der Waals surface area contributed by atoms with Gasteiger partial charge < -0.3 is 14.8 Å². The maximum absolute atomic E-state index is 13.7. The van der Waals surface area contributed by atoms with Gasteiger partial charge in [0, 0.05) is 18.7 Å². The molecule has 1 aliphatic heterocycles. The van der Waals surface area contributed by atoms with Crippen molar-refractivity contribution < 1.29 is 18.8 Å². The molecule has 1 spiro atoms. The average Bonchev–Trinajstić information content (AvgIpc) is 2.96. The van der Waals surface area contributed by atoms with Gasteiger partial charge in [-0.15, -0.1) is 0 Å². The molecular formula is C16H21FN2O4. The lowest BCUT2D eigenvalue weighted by molar-refractivity contribution is -0.384. The molecule has 0 bridgehead atoms. The largest absolute Gasteiger partial charge is 0.494 e. The molecule has 1 unspecified atom stereocenters. The third-order valence-electron chi connectivity index (χ3n) is 4.83. The van der Waals surface area contributed by atoms with Crippen LogP contribution in [0.25, 0.3) is 0 Å². The second-order valence-electron chi connectivity index (χ2n) is 6.33.